The Labute approximate surface area is 125 Å². The maximum absolute atomic E-state index is 11.6. The summed E-state index contributed by atoms with van der Waals surface area (Å²) in [5, 5.41) is 16.0. The molecule has 2 heterocycles. The van der Waals surface area contributed by atoms with Crippen molar-refractivity contribution in [2.24, 2.45) is 0 Å². The molecular formula is C14H15N5OS. The second kappa shape index (κ2) is 5.61. The van der Waals surface area contributed by atoms with E-state index in [1.165, 1.54) is 16.9 Å². The normalized spacial score (nSPS) is 11.0. The second-order valence-electron chi connectivity index (χ2n) is 4.79. The first kappa shape index (κ1) is 13.7. The van der Waals surface area contributed by atoms with Crippen molar-refractivity contribution < 1.29 is 4.79 Å². The van der Waals surface area contributed by atoms with Gasteiger partial charge in [-0.3, -0.25) is 4.79 Å². The number of carbonyl (C=O) groups excluding carboxylic acids is 1. The van der Waals surface area contributed by atoms with Crippen LogP contribution in [0.2, 0.25) is 0 Å². The highest BCUT2D eigenvalue weighted by Gasteiger charge is 2.14. The van der Waals surface area contributed by atoms with E-state index in [0.717, 1.165) is 12.0 Å². The Balaban J connectivity index is 1.93. The van der Waals surface area contributed by atoms with Gasteiger partial charge in [0.2, 0.25) is 16.0 Å². The zero-order valence-corrected chi connectivity index (χ0v) is 12.6. The van der Waals surface area contributed by atoms with E-state index in [-0.39, 0.29) is 5.91 Å². The molecule has 2 aromatic heterocycles. The number of rotatable bonds is 4. The van der Waals surface area contributed by atoms with Crippen LogP contribution < -0.4 is 5.32 Å². The van der Waals surface area contributed by atoms with Gasteiger partial charge in [-0.15, -0.1) is 15.3 Å². The van der Waals surface area contributed by atoms with Gasteiger partial charge in [-0.1, -0.05) is 48.1 Å². The fourth-order valence-corrected chi connectivity index (χ4v) is 2.71. The first-order valence-electron chi connectivity index (χ1n) is 6.76. The third kappa shape index (κ3) is 2.78. The largest absolute Gasteiger partial charge is 0.301 e. The number of nitrogens with one attached hydrogen (secondary N) is 1. The predicted octanol–water partition coefficient (Wildman–Crippen LogP) is 2.90. The molecule has 0 unspecified atom stereocenters. The first-order chi connectivity index (χ1) is 10.2. The maximum Gasteiger partial charge on any atom is 0.236 e. The maximum atomic E-state index is 11.6. The summed E-state index contributed by atoms with van der Waals surface area (Å²) in [6.07, 6.45) is 1.30. The molecule has 7 heteroatoms. The fourth-order valence-electron chi connectivity index (χ4n) is 1.96. The van der Waals surface area contributed by atoms with Gasteiger partial charge in [0, 0.05) is 12.0 Å². The molecule has 0 atom stereocenters. The third-order valence-electron chi connectivity index (χ3n) is 3.02. The number of aromatic nitrogens is 4. The Kier molecular flexibility index (Phi) is 3.66. The molecule has 1 amide bonds. The Morgan fingerprint density at radius 3 is 2.76 bits per heavy atom. The highest BCUT2D eigenvalue weighted by molar-refractivity contribution is 7.20. The van der Waals surface area contributed by atoms with E-state index < -0.39 is 0 Å². The van der Waals surface area contributed by atoms with Crippen LogP contribution in [0, 0.1) is 6.92 Å². The van der Waals surface area contributed by atoms with E-state index in [0.29, 0.717) is 22.3 Å². The van der Waals surface area contributed by atoms with Crippen molar-refractivity contribution in [1.82, 2.24) is 19.8 Å². The Bertz CT molecular complexity index is 774. The summed E-state index contributed by atoms with van der Waals surface area (Å²) in [7, 11) is 0. The SMILES string of the molecule is CCCC(=O)Nc1nn2c(-c3ccc(C)cc3)nnc2s1. The molecule has 108 valence electrons. The van der Waals surface area contributed by atoms with Crippen LogP contribution >= 0.6 is 11.3 Å². The predicted molar refractivity (Wildman–Crippen MR) is 82.4 cm³/mol. The molecule has 6 nitrogen and oxygen atoms in total. The molecule has 21 heavy (non-hydrogen) atoms. The molecule has 0 saturated heterocycles. The smallest absolute Gasteiger partial charge is 0.236 e. The standard InChI is InChI=1S/C14H15N5OS/c1-3-4-11(20)15-13-18-19-12(16-17-14(19)21-13)10-7-5-9(2)6-8-10/h5-8H,3-4H2,1-2H3,(H,15,18,20). The third-order valence-corrected chi connectivity index (χ3v) is 3.84. The number of hydrogen-bond acceptors (Lipinski definition) is 5. The molecule has 0 fully saturated rings. The van der Waals surface area contributed by atoms with Crippen LogP contribution in [-0.4, -0.2) is 25.7 Å². The fraction of sp³-hybridized carbons (Fsp3) is 0.286. The second-order valence-corrected chi connectivity index (χ2v) is 5.75. The van der Waals surface area contributed by atoms with Gasteiger partial charge in [-0.2, -0.15) is 4.52 Å². The summed E-state index contributed by atoms with van der Waals surface area (Å²) in [5.41, 5.74) is 2.13. The van der Waals surface area contributed by atoms with Crippen molar-refractivity contribution in [1.29, 1.82) is 0 Å². The monoisotopic (exact) mass is 301 g/mol. The minimum absolute atomic E-state index is 0.0284. The molecule has 0 radical (unpaired) electrons. The van der Waals surface area contributed by atoms with Crippen LogP contribution in [0.4, 0.5) is 5.13 Å². The van der Waals surface area contributed by atoms with Gasteiger partial charge in [0.25, 0.3) is 0 Å². The van der Waals surface area contributed by atoms with Crippen molar-refractivity contribution in [2.75, 3.05) is 5.32 Å². The van der Waals surface area contributed by atoms with Crippen LogP contribution in [0.3, 0.4) is 0 Å². The Morgan fingerprint density at radius 1 is 1.29 bits per heavy atom. The number of hydrogen-bond donors (Lipinski definition) is 1. The molecule has 3 aromatic rings. The van der Waals surface area contributed by atoms with E-state index in [4.69, 9.17) is 0 Å². The lowest BCUT2D eigenvalue weighted by Crippen LogP contribution is -2.10. The van der Waals surface area contributed by atoms with Crippen LogP contribution in [0.1, 0.15) is 25.3 Å². The van der Waals surface area contributed by atoms with Gasteiger partial charge < -0.3 is 5.32 Å². The summed E-state index contributed by atoms with van der Waals surface area (Å²) in [4.78, 5) is 12.3. The van der Waals surface area contributed by atoms with Crippen molar-refractivity contribution in [3.05, 3.63) is 29.8 Å². The average molecular weight is 301 g/mol. The van der Waals surface area contributed by atoms with E-state index >= 15 is 0 Å². The van der Waals surface area contributed by atoms with Crippen molar-refractivity contribution >= 4 is 27.3 Å². The lowest BCUT2D eigenvalue weighted by atomic mass is 10.1. The molecule has 0 aliphatic heterocycles. The zero-order valence-electron chi connectivity index (χ0n) is 11.8. The highest BCUT2D eigenvalue weighted by atomic mass is 32.1. The minimum Gasteiger partial charge on any atom is -0.301 e. The van der Waals surface area contributed by atoms with Crippen LogP contribution in [-0.2, 0) is 4.79 Å². The van der Waals surface area contributed by atoms with Crippen molar-refractivity contribution in [2.45, 2.75) is 26.7 Å². The topological polar surface area (TPSA) is 72.2 Å². The molecule has 0 aliphatic carbocycles. The van der Waals surface area contributed by atoms with Gasteiger partial charge in [-0.25, -0.2) is 0 Å². The van der Waals surface area contributed by atoms with E-state index in [9.17, 15) is 4.79 Å². The highest BCUT2D eigenvalue weighted by Crippen LogP contribution is 2.24. The molecule has 1 aromatic carbocycles. The quantitative estimate of drug-likeness (QED) is 0.804. The average Bonchev–Trinajstić information content (AvgIpc) is 3.00. The molecule has 1 N–H and O–H groups in total. The summed E-state index contributed by atoms with van der Waals surface area (Å²) >= 11 is 1.32. The first-order valence-corrected chi connectivity index (χ1v) is 7.58. The summed E-state index contributed by atoms with van der Waals surface area (Å²) in [6.45, 7) is 4.00. The zero-order chi connectivity index (χ0) is 14.8. The van der Waals surface area contributed by atoms with Gasteiger partial charge in [0.15, 0.2) is 5.82 Å². The molecule has 3 rings (SSSR count). The minimum atomic E-state index is -0.0284. The van der Waals surface area contributed by atoms with Crippen LogP contribution in [0.15, 0.2) is 24.3 Å². The number of amides is 1. The molecule has 0 bridgehead atoms. The lowest BCUT2D eigenvalue weighted by molar-refractivity contribution is -0.116. The van der Waals surface area contributed by atoms with Gasteiger partial charge >= 0.3 is 0 Å². The number of aryl methyl sites for hydroxylation is 1. The Morgan fingerprint density at radius 2 is 2.05 bits per heavy atom. The summed E-state index contributed by atoms with van der Waals surface area (Å²) < 4.78 is 1.66. The van der Waals surface area contributed by atoms with Gasteiger partial charge in [0.1, 0.15) is 0 Å². The van der Waals surface area contributed by atoms with Crippen molar-refractivity contribution in [3.8, 4) is 11.4 Å². The molecule has 0 aliphatic rings. The van der Waals surface area contributed by atoms with Crippen LogP contribution in [0.25, 0.3) is 16.3 Å². The lowest BCUT2D eigenvalue weighted by Gasteiger charge is -1.99. The number of benzene rings is 1. The molecule has 0 spiro atoms. The van der Waals surface area contributed by atoms with Gasteiger partial charge in [-0.05, 0) is 13.3 Å². The number of fused-ring (bicyclic) bond motifs is 1. The summed E-state index contributed by atoms with van der Waals surface area (Å²) in [6, 6.07) is 8.01. The van der Waals surface area contributed by atoms with E-state index in [1.54, 1.807) is 4.52 Å². The number of nitrogens with zero attached hydrogens (tertiary/aromatic N) is 4. The van der Waals surface area contributed by atoms with Gasteiger partial charge in [0.05, 0.1) is 0 Å². The molecule has 0 saturated carbocycles. The number of anilines is 1. The van der Waals surface area contributed by atoms with E-state index in [2.05, 4.69) is 20.6 Å². The Hall–Kier alpha value is -2.28. The molecular weight excluding hydrogens is 286 g/mol. The summed E-state index contributed by atoms with van der Waals surface area (Å²) in [5.74, 6) is 0.650. The van der Waals surface area contributed by atoms with E-state index in [1.807, 2.05) is 38.1 Å². The van der Waals surface area contributed by atoms with Crippen LogP contribution in [0.5, 0.6) is 0 Å². The van der Waals surface area contributed by atoms with Crippen molar-refractivity contribution in [3.63, 3.8) is 0 Å². The number of carbonyl (C=O) groups is 1.